The van der Waals surface area contributed by atoms with Crippen LogP contribution in [0.15, 0.2) is 12.2 Å². The third kappa shape index (κ3) is 2.72. The second-order valence-electron chi connectivity index (χ2n) is 6.36. The fourth-order valence-corrected chi connectivity index (χ4v) is 5.49. The first-order valence-corrected chi connectivity index (χ1v) is 9.70. The molecule has 2 heterocycles. The SMILES string of the molecule is CCN(CN1C(=O)[C@H]2CC=CC[C@@H]2C1=O)[C@@H]1CCS(=O)(=O)C1. The fourth-order valence-electron chi connectivity index (χ4n) is 3.73. The van der Waals surface area contributed by atoms with Crippen LogP contribution in [-0.4, -0.2) is 60.8 Å². The first-order chi connectivity index (χ1) is 10.4. The highest BCUT2D eigenvalue weighted by molar-refractivity contribution is 7.91. The lowest BCUT2D eigenvalue weighted by Crippen LogP contribution is -2.46. The maximum atomic E-state index is 12.5. The van der Waals surface area contributed by atoms with Crippen molar-refractivity contribution in [1.82, 2.24) is 9.80 Å². The smallest absolute Gasteiger partial charge is 0.234 e. The fraction of sp³-hybridized carbons (Fsp3) is 0.733. The molecule has 22 heavy (non-hydrogen) atoms. The van der Waals surface area contributed by atoms with Crippen LogP contribution < -0.4 is 0 Å². The van der Waals surface area contributed by atoms with Gasteiger partial charge in [-0.15, -0.1) is 0 Å². The van der Waals surface area contributed by atoms with Gasteiger partial charge in [-0.05, 0) is 25.8 Å². The van der Waals surface area contributed by atoms with Gasteiger partial charge in [0.05, 0.1) is 30.0 Å². The number of hydrogen-bond acceptors (Lipinski definition) is 5. The van der Waals surface area contributed by atoms with Crippen LogP contribution in [0, 0.1) is 11.8 Å². The van der Waals surface area contributed by atoms with Gasteiger partial charge in [-0.1, -0.05) is 19.1 Å². The molecule has 0 saturated carbocycles. The Bertz CT molecular complexity index is 587. The average molecular weight is 326 g/mol. The topological polar surface area (TPSA) is 74.8 Å². The van der Waals surface area contributed by atoms with E-state index in [1.54, 1.807) is 0 Å². The minimum atomic E-state index is -2.97. The molecule has 0 radical (unpaired) electrons. The Hall–Kier alpha value is -1.21. The van der Waals surface area contributed by atoms with E-state index in [1.165, 1.54) is 4.90 Å². The third-order valence-electron chi connectivity index (χ3n) is 5.05. The van der Waals surface area contributed by atoms with Crippen molar-refractivity contribution in [3.63, 3.8) is 0 Å². The lowest BCUT2D eigenvalue weighted by molar-refractivity contribution is -0.142. The van der Waals surface area contributed by atoms with E-state index < -0.39 is 9.84 Å². The van der Waals surface area contributed by atoms with Crippen molar-refractivity contribution in [2.24, 2.45) is 11.8 Å². The summed E-state index contributed by atoms with van der Waals surface area (Å²) in [6.07, 6.45) is 5.79. The van der Waals surface area contributed by atoms with Gasteiger partial charge in [0.2, 0.25) is 11.8 Å². The molecule has 1 aliphatic carbocycles. The van der Waals surface area contributed by atoms with Crippen molar-refractivity contribution >= 4 is 21.7 Å². The summed E-state index contributed by atoms with van der Waals surface area (Å²) in [6, 6.07) is -0.0867. The highest BCUT2D eigenvalue weighted by atomic mass is 32.2. The Morgan fingerprint density at radius 3 is 2.23 bits per heavy atom. The minimum Gasteiger partial charge on any atom is -0.282 e. The highest BCUT2D eigenvalue weighted by Gasteiger charge is 2.48. The van der Waals surface area contributed by atoms with Crippen LogP contribution in [0.2, 0.25) is 0 Å². The van der Waals surface area contributed by atoms with E-state index in [2.05, 4.69) is 0 Å². The molecule has 2 amide bonds. The van der Waals surface area contributed by atoms with Crippen LogP contribution in [0.5, 0.6) is 0 Å². The lowest BCUT2D eigenvalue weighted by Gasteiger charge is -2.30. The molecule has 0 aromatic rings. The van der Waals surface area contributed by atoms with E-state index in [4.69, 9.17) is 0 Å². The molecule has 0 N–H and O–H groups in total. The van der Waals surface area contributed by atoms with Crippen LogP contribution in [0.25, 0.3) is 0 Å². The van der Waals surface area contributed by atoms with Crippen molar-refractivity contribution in [3.8, 4) is 0 Å². The van der Waals surface area contributed by atoms with Crippen LogP contribution >= 0.6 is 0 Å². The molecule has 7 heteroatoms. The molecule has 0 aromatic carbocycles. The molecule has 0 unspecified atom stereocenters. The number of amides is 2. The second kappa shape index (κ2) is 5.77. The van der Waals surface area contributed by atoms with E-state index in [9.17, 15) is 18.0 Å². The van der Waals surface area contributed by atoms with Crippen molar-refractivity contribution in [2.75, 3.05) is 24.7 Å². The molecule has 122 valence electrons. The Kier molecular flexibility index (Phi) is 4.11. The summed E-state index contributed by atoms with van der Waals surface area (Å²) >= 11 is 0. The van der Waals surface area contributed by atoms with Crippen LogP contribution in [0.1, 0.15) is 26.2 Å². The van der Waals surface area contributed by atoms with Crippen molar-refractivity contribution in [2.45, 2.75) is 32.2 Å². The summed E-state index contributed by atoms with van der Waals surface area (Å²) in [4.78, 5) is 28.2. The summed E-state index contributed by atoms with van der Waals surface area (Å²) in [6.45, 7) is 2.79. The number of likely N-dealkylation sites (tertiary alicyclic amines) is 1. The maximum absolute atomic E-state index is 12.5. The Labute approximate surface area is 131 Å². The molecule has 3 aliphatic rings. The summed E-state index contributed by atoms with van der Waals surface area (Å²) < 4.78 is 23.3. The third-order valence-corrected chi connectivity index (χ3v) is 6.80. The number of rotatable bonds is 4. The van der Waals surface area contributed by atoms with Crippen molar-refractivity contribution in [1.29, 1.82) is 0 Å². The minimum absolute atomic E-state index is 0.0867. The van der Waals surface area contributed by atoms with Gasteiger partial charge >= 0.3 is 0 Å². The zero-order valence-electron chi connectivity index (χ0n) is 12.8. The van der Waals surface area contributed by atoms with E-state index in [0.29, 0.717) is 25.8 Å². The predicted molar refractivity (Wildman–Crippen MR) is 81.5 cm³/mol. The Balaban J connectivity index is 1.72. The summed E-state index contributed by atoms with van der Waals surface area (Å²) in [5.41, 5.74) is 0. The maximum Gasteiger partial charge on any atom is 0.234 e. The van der Waals surface area contributed by atoms with Gasteiger partial charge in [0, 0.05) is 6.04 Å². The number of fused-ring (bicyclic) bond motifs is 1. The molecule has 6 nitrogen and oxygen atoms in total. The van der Waals surface area contributed by atoms with Gasteiger partial charge in [-0.2, -0.15) is 0 Å². The molecule has 3 atom stereocenters. The number of allylic oxidation sites excluding steroid dienone is 2. The molecule has 2 aliphatic heterocycles. The lowest BCUT2D eigenvalue weighted by atomic mass is 9.85. The van der Waals surface area contributed by atoms with Crippen LogP contribution in [-0.2, 0) is 19.4 Å². The zero-order chi connectivity index (χ0) is 15.9. The number of carbonyl (C=O) groups excluding carboxylic acids is 2. The molecular weight excluding hydrogens is 304 g/mol. The summed E-state index contributed by atoms with van der Waals surface area (Å²) in [7, 11) is -2.97. The number of carbonyl (C=O) groups is 2. The Morgan fingerprint density at radius 2 is 1.77 bits per heavy atom. The van der Waals surface area contributed by atoms with Crippen molar-refractivity contribution in [3.05, 3.63) is 12.2 Å². The van der Waals surface area contributed by atoms with E-state index in [0.717, 1.165) is 0 Å². The second-order valence-corrected chi connectivity index (χ2v) is 8.59. The van der Waals surface area contributed by atoms with Gasteiger partial charge in [0.15, 0.2) is 9.84 Å². The van der Waals surface area contributed by atoms with E-state index >= 15 is 0 Å². The van der Waals surface area contributed by atoms with Crippen LogP contribution in [0.4, 0.5) is 0 Å². The first kappa shape index (κ1) is 15.7. The molecular formula is C15H22N2O4S. The number of nitrogens with zero attached hydrogens (tertiary/aromatic N) is 2. The quantitative estimate of drug-likeness (QED) is 0.552. The van der Waals surface area contributed by atoms with Gasteiger partial charge in [0.25, 0.3) is 0 Å². The van der Waals surface area contributed by atoms with Gasteiger partial charge in [0.1, 0.15) is 0 Å². The predicted octanol–water partition coefficient (Wildman–Crippen LogP) is 0.404. The van der Waals surface area contributed by atoms with Gasteiger partial charge in [-0.3, -0.25) is 19.4 Å². The van der Waals surface area contributed by atoms with Crippen molar-refractivity contribution < 1.29 is 18.0 Å². The van der Waals surface area contributed by atoms with Gasteiger partial charge < -0.3 is 0 Å². The molecule has 3 rings (SSSR count). The zero-order valence-corrected chi connectivity index (χ0v) is 13.6. The normalized spacial score (nSPS) is 33.7. The molecule has 0 bridgehead atoms. The number of hydrogen-bond donors (Lipinski definition) is 0. The molecule has 0 spiro atoms. The average Bonchev–Trinajstić information content (AvgIpc) is 2.97. The first-order valence-electron chi connectivity index (χ1n) is 7.87. The Morgan fingerprint density at radius 1 is 1.18 bits per heavy atom. The molecule has 2 saturated heterocycles. The molecule has 2 fully saturated rings. The largest absolute Gasteiger partial charge is 0.282 e. The monoisotopic (exact) mass is 326 g/mol. The van der Waals surface area contributed by atoms with E-state index in [-0.39, 0.29) is 47.9 Å². The standard InChI is InChI=1S/C15H22N2O4S/c1-2-16(11-7-8-22(20,21)9-11)10-17-14(18)12-5-3-4-6-13(12)15(17)19/h3-4,11-13H,2,5-10H2,1H3/t11-,12+,13+/m1/s1. The van der Waals surface area contributed by atoms with Crippen LogP contribution in [0.3, 0.4) is 0 Å². The number of imide groups is 1. The molecule has 0 aromatic heterocycles. The number of sulfone groups is 1. The van der Waals surface area contributed by atoms with Gasteiger partial charge in [-0.25, -0.2) is 8.42 Å². The summed E-state index contributed by atoms with van der Waals surface area (Å²) in [5, 5.41) is 0. The highest BCUT2D eigenvalue weighted by Crippen LogP contribution is 2.35. The summed E-state index contributed by atoms with van der Waals surface area (Å²) in [5.74, 6) is -0.305. The van der Waals surface area contributed by atoms with E-state index in [1.807, 2.05) is 24.0 Å².